The summed E-state index contributed by atoms with van der Waals surface area (Å²) in [4.78, 5) is 0. The van der Waals surface area contributed by atoms with Crippen molar-refractivity contribution < 1.29 is 15.3 Å². The summed E-state index contributed by atoms with van der Waals surface area (Å²) in [5, 5.41) is 28.0. The van der Waals surface area contributed by atoms with Crippen LogP contribution in [0.25, 0.3) is 0 Å². The lowest BCUT2D eigenvalue weighted by Gasteiger charge is -2.05. The van der Waals surface area contributed by atoms with Crippen molar-refractivity contribution in [3.8, 4) is 47.9 Å². The fraction of sp³-hybridized carbons (Fsp3) is 0.676. The van der Waals surface area contributed by atoms with E-state index in [0.29, 0.717) is 6.42 Å². The molecule has 0 aromatic rings. The van der Waals surface area contributed by atoms with Gasteiger partial charge in [0, 0.05) is 0 Å². The number of rotatable bonds is 25. The average molecular weight is 549 g/mol. The molecule has 0 heterocycles. The molecule has 0 unspecified atom stereocenters. The fourth-order valence-electron chi connectivity index (χ4n) is 4.53. The highest BCUT2D eigenvalue weighted by molar-refractivity contribution is 5.36. The monoisotopic (exact) mass is 548 g/mol. The molecule has 2 atom stereocenters. The second-order valence-electron chi connectivity index (χ2n) is 10.6. The van der Waals surface area contributed by atoms with E-state index < -0.39 is 6.10 Å². The number of hydrogen-bond donors (Lipinski definition) is 3. The van der Waals surface area contributed by atoms with Crippen LogP contribution in [-0.4, -0.2) is 34.1 Å². The number of terminal acetylenes is 1. The molecule has 0 aliphatic heterocycles. The van der Waals surface area contributed by atoms with E-state index in [-0.39, 0.29) is 12.7 Å². The van der Waals surface area contributed by atoms with Crippen LogP contribution in [0.2, 0.25) is 0 Å². The van der Waals surface area contributed by atoms with Gasteiger partial charge in [-0.05, 0) is 80.8 Å². The van der Waals surface area contributed by atoms with Gasteiger partial charge in [0.05, 0.1) is 6.10 Å². The first-order chi connectivity index (χ1) is 19.7. The third-order valence-corrected chi connectivity index (χ3v) is 6.89. The van der Waals surface area contributed by atoms with Gasteiger partial charge in [0.2, 0.25) is 0 Å². The van der Waals surface area contributed by atoms with Crippen molar-refractivity contribution in [1.29, 1.82) is 0 Å². The predicted molar refractivity (Wildman–Crippen MR) is 171 cm³/mol. The lowest BCUT2D eigenvalue weighted by molar-refractivity contribution is 0.208. The van der Waals surface area contributed by atoms with Gasteiger partial charge in [-0.1, -0.05) is 126 Å². The van der Waals surface area contributed by atoms with Crippen molar-refractivity contribution in [2.45, 2.75) is 153 Å². The van der Waals surface area contributed by atoms with Crippen molar-refractivity contribution in [3.05, 3.63) is 24.3 Å². The van der Waals surface area contributed by atoms with Crippen LogP contribution in [0.3, 0.4) is 0 Å². The first-order valence-electron chi connectivity index (χ1n) is 15.9. The van der Waals surface area contributed by atoms with E-state index in [9.17, 15) is 10.2 Å². The summed E-state index contributed by atoms with van der Waals surface area (Å²) >= 11 is 0. The minimum Gasteiger partial charge on any atom is -0.389 e. The quantitative estimate of drug-likeness (QED) is 0.0615. The molecule has 0 aliphatic carbocycles. The van der Waals surface area contributed by atoms with E-state index in [2.05, 4.69) is 53.6 Å². The third kappa shape index (κ3) is 31.8. The van der Waals surface area contributed by atoms with E-state index in [1.54, 1.807) is 12.2 Å². The predicted octanol–water partition coefficient (Wildman–Crippen LogP) is 8.04. The van der Waals surface area contributed by atoms with Gasteiger partial charge < -0.3 is 15.3 Å². The Morgan fingerprint density at radius 1 is 0.550 bits per heavy atom. The van der Waals surface area contributed by atoms with Gasteiger partial charge in [-0.3, -0.25) is 0 Å². The molecule has 0 aromatic carbocycles. The first-order valence-corrected chi connectivity index (χ1v) is 15.9. The molecule has 3 N–H and O–H groups in total. The van der Waals surface area contributed by atoms with Crippen LogP contribution >= 0.6 is 0 Å². The highest BCUT2D eigenvalue weighted by Gasteiger charge is 2.00. The summed E-state index contributed by atoms with van der Waals surface area (Å²) in [7, 11) is 0. The highest BCUT2D eigenvalue weighted by Crippen LogP contribution is 2.14. The van der Waals surface area contributed by atoms with Gasteiger partial charge in [0.15, 0.2) is 0 Å². The zero-order chi connectivity index (χ0) is 29.2. The summed E-state index contributed by atoms with van der Waals surface area (Å²) in [5.41, 5.74) is 0. The van der Waals surface area contributed by atoms with Crippen LogP contribution in [0.5, 0.6) is 0 Å². The number of allylic oxidation sites excluding steroid dienone is 3. The highest BCUT2D eigenvalue weighted by atomic mass is 16.3. The second-order valence-corrected chi connectivity index (χ2v) is 10.6. The largest absolute Gasteiger partial charge is 0.389 e. The van der Waals surface area contributed by atoms with Crippen LogP contribution in [0.4, 0.5) is 0 Å². The Morgan fingerprint density at radius 3 is 1.50 bits per heavy atom. The van der Waals surface area contributed by atoms with Crippen LogP contribution in [0, 0.1) is 47.9 Å². The SMILES string of the molecule is C#C/C=C\[C@H](O)CCCCCCCCCCC/C=C\CCCCCCCCCCC[C@H](O)C#CC#CC#CCO. The summed E-state index contributed by atoms with van der Waals surface area (Å²) in [6.45, 7) is -0.199. The van der Waals surface area contributed by atoms with E-state index in [1.807, 2.05) is 0 Å². The smallest absolute Gasteiger partial charge is 0.115 e. The molecule has 0 aromatic heterocycles. The summed E-state index contributed by atoms with van der Waals surface area (Å²) < 4.78 is 0. The molecule has 0 rings (SSSR count). The molecular weight excluding hydrogens is 492 g/mol. The zero-order valence-corrected chi connectivity index (χ0v) is 25.1. The maximum absolute atomic E-state index is 9.82. The van der Waals surface area contributed by atoms with Crippen LogP contribution in [0.1, 0.15) is 141 Å². The molecule has 0 radical (unpaired) electrons. The zero-order valence-electron chi connectivity index (χ0n) is 25.1. The Hall–Kier alpha value is -2.40. The van der Waals surface area contributed by atoms with Gasteiger partial charge in [-0.25, -0.2) is 0 Å². The molecule has 0 saturated carbocycles. The molecule has 0 aliphatic rings. The Morgan fingerprint density at radius 2 is 1.00 bits per heavy atom. The van der Waals surface area contributed by atoms with Gasteiger partial charge >= 0.3 is 0 Å². The third-order valence-electron chi connectivity index (χ3n) is 6.89. The molecule has 0 bridgehead atoms. The van der Waals surface area contributed by atoms with E-state index in [0.717, 1.165) is 25.7 Å². The first kappa shape index (κ1) is 37.6. The van der Waals surface area contributed by atoms with Crippen LogP contribution in [0.15, 0.2) is 24.3 Å². The van der Waals surface area contributed by atoms with Crippen molar-refractivity contribution in [2.24, 2.45) is 0 Å². The van der Waals surface area contributed by atoms with Gasteiger partial charge in [0.25, 0.3) is 0 Å². The van der Waals surface area contributed by atoms with Gasteiger partial charge in [-0.15, -0.1) is 6.42 Å². The lowest BCUT2D eigenvalue weighted by Crippen LogP contribution is -2.01. The molecule has 0 saturated heterocycles. The summed E-state index contributed by atoms with van der Waals surface area (Å²) in [6, 6.07) is 0. The second kappa shape index (κ2) is 32.8. The van der Waals surface area contributed by atoms with Crippen molar-refractivity contribution in [2.75, 3.05) is 6.61 Å². The average Bonchev–Trinajstić information content (AvgIpc) is 2.96. The molecule has 0 amide bonds. The molecule has 3 heteroatoms. The van der Waals surface area contributed by atoms with E-state index >= 15 is 0 Å². The number of unbranched alkanes of at least 4 members (excludes halogenated alkanes) is 18. The van der Waals surface area contributed by atoms with E-state index in [4.69, 9.17) is 11.5 Å². The van der Waals surface area contributed by atoms with Crippen LogP contribution < -0.4 is 0 Å². The lowest BCUT2D eigenvalue weighted by atomic mass is 10.0. The minimum absolute atomic E-state index is 0.199. The topological polar surface area (TPSA) is 60.7 Å². The Kier molecular flexibility index (Phi) is 30.8. The van der Waals surface area contributed by atoms with Gasteiger partial charge in [0.1, 0.15) is 12.7 Å². The molecule has 40 heavy (non-hydrogen) atoms. The van der Waals surface area contributed by atoms with Crippen molar-refractivity contribution in [1.82, 2.24) is 0 Å². The maximum atomic E-state index is 9.82. The molecule has 0 fully saturated rings. The Labute approximate surface area is 247 Å². The standard InChI is InChI=1S/C37H56O3/c1-2-3-31-36(39)32-27-23-20-18-16-14-12-10-8-6-4-5-7-9-11-13-15-17-19-21-24-28-33-37(40)34-29-25-22-26-30-35-38/h1,3-5,31,36-40H,6-21,23-24,27-28,32-33,35H2/b5-4-,31-3-/t36-,37-/m0/s1. The molecule has 0 spiro atoms. The summed E-state index contributed by atoms with van der Waals surface area (Å²) in [6.07, 6.45) is 39.1. The van der Waals surface area contributed by atoms with E-state index in [1.165, 1.54) is 109 Å². The Bertz CT molecular complexity index is 844. The van der Waals surface area contributed by atoms with Crippen molar-refractivity contribution >= 4 is 0 Å². The Balaban J connectivity index is 3.30. The fourth-order valence-corrected chi connectivity index (χ4v) is 4.53. The number of hydrogen-bond acceptors (Lipinski definition) is 3. The molecule has 3 nitrogen and oxygen atoms in total. The summed E-state index contributed by atoms with van der Waals surface area (Å²) in [5.74, 6) is 17.7. The normalized spacial score (nSPS) is 12.2. The minimum atomic E-state index is -0.610. The number of aliphatic hydroxyl groups is 3. The number of aliphatic hydroxyl groups excluding tert-OH is 3. The molecular formula is C37H56O3. The van der Waals surface area contributed by atoms with Crippen LogP contribution in [-0.2, 0) is 0 Å². The van der Waals surface area contributed by atoms with Gasteiger partial charge in [-0.2, -0.15) is 0 Å². The molecule has 222 valence electrons. The van der Waals surface area contributed by atoms with Crippen molar-refractivity contribution in [3.63, 3.8) is 0 Å². The maximum Gasteiger partial charge on any atom is 0.115 e.